The van der Waals surface area contributed by atoms with Crippen molar-refractivity contribution in [1.82, 2.24) is 15.2 Å². The van der Waals surface area contributed by atoms with E-state index in [4.69, 9.17) is 0 Å². The number of anilines is 1. The number of rotatable bonds is 5. The third-order valence-corrected chi connectivity index (χ3v) is 7.77. The Morgan fingerprint density at radius 2 is 1.77 bits per heavy atom. The maximum atomic E-state index is 12.8. The van der Waals surface area contributed by atoms with E-state index in [0.29, 0.717) is 25.2 Å². The number of phenolic OH excluding ortho intramolecular Hbond substituents is 1. The highest BCUT2D eigenvalue weighted by atomic mass is 32.2. The number of amides is 1. The first kappa shape index (κ1) is 21.8. The monoisotopic (exact) mass is 444 g/mol. The number of carbonyl (C=O) groups is 1. The third kappa shape index (κ3) is 4.74. The molecule has 2 fully saturated rings. The van der Waals surface area contributed by atoms with E-state index in [1.807, 2.05) is 19.1 Å². The second-order valence-electron chi connectivity index (χ2n) is 8.17. The van der Waals surface area contributed by atoms with E-state index < -0.39 is 16.1 Å². The Hall–Kier alpha value is -2.46. The number of hydrazine groups is 1. The van der Waals surface area contributed by atoms with Gasteiger partial charge in [-0.15, -0.1) is 0 Å². The molecule has 0 aromatic heterocycles. The molecule has 2 saturated heterocycles. The number of nitrogens with zero attached hydrogens (tertiary/aromatic N) is 1. The van der Waals surface area contributed by atoms with E-state index in [-0.39, 0.29) is 22.6 Å². The lowest BCUT2D eigenvalue weighted by Crippen LogP contribution is -2.39. The van der Waals surface area contributed by atoms with Gasteiger partial charge in [0.05, 0.1) is 10.9 Å². The largest absolute Gasteiger partial charge is 0.508 e. The second kappa shape index (κ2) is 8.96. The van der Waals surface area contributed by atoms with E-state index in [2.05, 4.69) is 16.2 Å². The number of aromatic hydroxyl groups is 1. The molecular formula is C22H28N4O4S. The zero-order chi connectivity index (χ0) is 22.0. The van der Waals surface area contributed by atoms with Crippen LogP contribution in [0.1, 0.15) is 42.9 Å². The Morgan fingerprint density at radius 1 is 1.06 bits per heavy atom. The van der Waals surface area contributed by atoms with E-state index in [0.717, 1.165) is 30.4 Å². The molecule has 4 N–H and O–H groups in total. The normalized spacial score (nSPS) is 22.4. The molecule has 2 aromatic carbocycles. The lowest BCUT2D eigenvalue weighted by atomic mass is 9.99. The van der Waals surface area contributed by atoms with Crippen LogP contribution >= 0.6 is 0 Å². The molecule has 2 heterocycles. The van der Waals surface area contributed by atoms with Gasteiger partial charge in [-0.2, -0.15) is 4.31 Å². The third-order valence-electron chi connectivity index (χ3n) is 5.85. The lowest BCUT2D eigenvalue weighted by molar-refractivity contribution is -0.117. The van der Waals surface area contributed by atoms with Crippen LogP contribution in [-0.4, -0.2) is 42.9 Å². The SMILES string of the molecule is Cc1ccc(O)c(C2CC(C(=O)Nc3ccc(S(=O)(=O)N4CCCCC4)cc3)NN2)c1. The fourth-order valence-corrected chi connectivity index (χ4v) is 5.60. The first-order valence-corrected chi connectivity index (χ1v) is 12.0. The average molecular weight is 445 g/mol. The van der Waals surface area contributed by atoms with Crippen LogP contribution in [0.5, 0.6) is 5.75 Å². The van der Waals surface area contributed by atoms with E-state index in [1.54, 1.807) is 18.2 Å². The molecule has 1 amide bonds. The average Bonchev–Trinajstić information content (AvgIpc) is 3.27. The van der Waals surface area contributed by atoms with Crippen LogP contribution in [0.25, 0.3) is 0 Å². The van der Waals surface area contributed by atoms with Gasteiger partial charge < -0.3 is 10.4 Å². The minimum absolute atomic E-state index is 0.187. The molecule has 0 aliphatic carbocycles. The Bertz CT molecular complexity index is 1050. The van der Waals surface area contributed by atoms with Crippen molar-refractivity contribution >= 4 is 21.6 Å². The molecule has 2 aromatic rings. The van der Waals surface area contributed by atoms with Gasteiger partial charge in [-0.3, -0.25) is 4.79 Å². The summed E-state index contributed by atoms with van der Waals surface area (Å²) in [5.74, 6) is -0.0368. The number of sulfonamides is 1. The van der Waals surface area contributed by atoms with Gasteiger partial charge in [0.2, 0.25) is 15.9 Å². The van der Waals surface area contributed by atoms with Gasteiger partial charge in [0.15, 0.2) is 0 Å². The van der Waals surface area contributed by atoms with Crippen molar-refractivity contribution in [3.05, 3.63) is 53.6 Å². The van der Waals surface area contributed by atoms with Crippen molar-refractivity contribution in [2.24, 2.45) is 0 Å². The Balaban J connectivity index is 1.38. The van der Waals surface area contributed by atoms with Crippen LogP contribution in [-0.2, 0) is 14.8 Å². The topological polar surface area (TPSA) is 111 Å². The summed E-state index contributed by atoms with van der Waals surface area (Å²) in [6.45, 7) is 3.06. The van der Waals surface area contributed by atoms with Gasteiger partial charge in [0.1, 0.15) is 11.8 Å². The lowest BCUT2D eigenvalue weighted by Gasteiger charge is -2.25. The first-order valence-electron chi connectivity index (χ1n) is 10.6. The maximum absolute atomic E-state index is 12.8. The van der Waals surface area contributed by atoms with Crippen molar-refractivity contribution < 1.29 is 18.3 Å². The highest BCUT2D eigenvalue weighted by molar-refractivity contribution is 7.89. The fraction of sp³-hybridized carbons (Fsp3) is 0.409. The van der Waals surface area contributed by atoms with Crippen molar-refractivity contribution in [3.63, 3.8) is 0 Å². The van der Waals surface area contributed by atoms with Gasteiger partial charge in [-0.25, -0.2) is 19.3 Å². The van der Waals surface area contributed by atoms with Gasteiger partial charge in [-0.05, 0) is 56.5 Å². The Kier molecular flexibility index (Phi) is 6.29. The zero-order valence-electron chi connectivity index (χ0n) is 17.5. The Morgan fingerprint density at radius 3 is 2.48 bits per heavy atom. The number of carbonyl (C=O) groups excluding carboxylic acids is 1. The van der Waals surface area contributed by atoms with Gasteiger partial charge >= 0.3 is 0 Å². The molecule has 0 saturated carbocycles. The fourth-order valence-electron chi connectivity index (χ4n) is 4.08. The molecule has 8 nitrogen and oxygen atoms in total. The summed E-state index contributed by atoms with van der Waals surface area (Å²) in [7, 11) is -3.49. The molecule has 2 atom stereocenters. The predicted molar refractivity (Wildman–Crippen MR) is 118 cm³/mol. The maximum Gasteiger partial charge on any atom is 0.243 e. The predicted octanol–water partition coefficient (Wildman–Crippen LogP) is 2.42. The van der Waals surface area contributed by atoms with Gasteiger partial charge in [0, 0.05) is 24.3 Å². The van der Waals surface area contributed by atoms with E-state index in [9.17, 15) is 18.3 Å². The first-order chi connectivity index (χ1) is 14.8. The van der Waals surface area contributed by atoms with Crippen molar-refractivity contribution in [3.8, 4) is 5.75 Å². The summed E-state index contributed by atoms with van der Waals surface area (Å²) in [5.41, 5.74) is 8.35. The van der Waals surface area contributed by atoms with E-state index in [1.165, 1.54) is 16.4 Å². The minimum Gasteiger partial charge on any atom is -0.508 e. The number of hydrogen-bond donors (Lipinski definition) is 4. The molecule has 31 heavy (non-hydrogen) atoms. The van der Waals surface area contributed by atoms with Gasteiger partial charge in [-0.1, -0.05) is 24.1 Å². The Labute approximate surface area is 182 Å². The molecule has 9 heteroatoms. The van der Waals surface area contributed by atoms with Crippen LogP contribution in [0.4, 0.5) is 5.69 Å². The molecule has 2 unspecified atom stereocenters. The number of benzene rings is 2. The standard InChI is InChI=1S/C22H28N4O4S/c1-15-5-10-21(27)18(13-15)19-14-20(25-24-19)22(28)23-16-6-8-17(9-7-16)31(29,30)26-11-3-2-4-12-26/h5-10,13,19-20,24-25,27H,2-4,11-12,14H2,1H3,(H,23,28). The summed E-state index contributed by atoms with van der Waals surface area (Å²) in [6.07, 6.45) is 3.31. The van der Waals surface area contributed by atoms with Crippen molar-refractivity contribution in [1.29, 1.82) is 0 Å². The number of phenols is 1. The highest BCUT2D eigenvalue weighted by Gasteiger charge is 2.32. The molecule has 0 radical (unpaired) electrons. The number of aryl methyl sites for hydroxylation is 1. The van der Waals surface area contributed by atoms with Crippen LogP contribution < -0.4 is 16.2 Å². The number of nitrogens with one attached hydrogen (secondary N) is 3. The molecule has 0 bridgehead atoms. The molecule has 2 aliphatic heterocycles. The van der Waals surface area contributed by atoms with E-state index >= 15 is 0 Å². The number of piperidine rings is 1. The van der Waals surface area contributed by atoms with Crippen LogP contribution in [0.2, 0.25) is 0 Å². The zero-order valence-corrected chi connectivity index (χ0v) is 18.3. The van der Waals surface area contributed by atoms with Crippen LogP contribution in [0.3, 0.4) is 0 Å². The smallest absolute Gasteiger partial charge is 0.243 e. The minimum atomic E-state index is -3.49. The molecule has 2 aliphatic rings. The second-order valence-corrected chi connectivity index (χ2v) is 10.1. The molecule has 0 spiro atoms. The van der Waals surface area contributed by atoms with Crippen LogP contribution in [0.15, 0.2) is 47.4 Å². The summed E-state index contributed by atoms with van der Waals surface area (Å²) < 4.78 is 27.0. The summed E-state index contributed by atoms with van der Waals surface area (Å²) in [5, 5.41) is 12.9. The highest BCUT2D eigenvalue weighted by Crippen LogP contribution is 2.30. The molecule has 166 valence electrons. The molecule has 4 rings (SSSR count). The van der Waals surface area contributed by atoms with Crippen molar-refractivity contribution in [2.45, 2.75) is 49.6 Å². The van der Waals surface area contributed by atoms with Gasteiger partial charge in [0.25, 0.3) is 0 Å². The molecular weight excluding hydrogens is 416 g/mol. The van der Waals surface area contributed by atoms with Crippen LogP contribution in [0, 0.1) is 6.92 Å². The summed E-state index contributed by atoms with van der Waals surface area (Å²) >= 11 is 0. The van der Waals surface area contributed by atoms with Crippen molar-refractivity contribution in [2.75, 3.05) is 18.4 Å². The summed E-state index contributed by atoms with van der Waals surface area (Å²) in [4.78, 5) is 12.9. The number of hydrogen-bond acceptors (Lipinski definition) is 6. The summed E-state index contributed by atoms with van der Waals surface area (Å²) in [6, 6.07) is 11.0. The quantitative estimate of drug-likeness (QED) is 0.564.